The van der Waals surface area contributed by atoms with E-state index >= 15 is 0 Å². The van der Waals surface area contributed by atoms with Crippen molar-refractivity contribution in [1.82, 2.24) is 14.9 Å². The van der Waals surface area contributed by atoms with Gasteiger partial charge in [-0.3, -0.25) is 9.36 Å². The maximum atomic E-state index is 12.6. The van der Waals surface area contributed by atoms with Crippen LogP contribution in [0.5, 0.6) is 0 Å². The smallest absolute Gasteiger partial charge is 0.326 e. The van der Waals surface area contributed by atoms with Crippen molar-refractivity contribution in [3.05, 3.63) is 88.7 Å². The van der Waals surface area contributed by atoms with Crippen LogP contribution in [0.2, 0.25) is 0 Å². The third-order valence-electron chi connectivity index (χ3n) is 5.20. The fourth-order valence-corrected chi connectivity index (χ4v) is 5.00. The largest absolute Gasteiger partial charge is 0.480 e. The van der Waals surface area contributed by atoms with Gasteiger partial charge in [-0.2, -0.15) is 5.26 Å². The Bertz CT molecular complexity index is 1400. The number of halogens is 1. The van der Waals surface area contributed by atoms with E-state index in [2.05, 4.69) is 32.3 Å². The number of carbonyl (C=O) groups is 2. The molecule has 4 rings (SSSR count). The number of hydrogen-bond acceptors (Lipinski definition) is 5. The predicted octanol–water partition coefficient (Wildman–Crippen LogP) is 4.56. The molecule has 0 aliphatic rings. The first-order chi connectivity index (χ1) is 16.5. The molecule has 2 N–H and O–H groups in total. The van der Waals surface area contributed by atoms with E-state index in [1.54, 1.807) is 12.3 Å². The van der Waals surface area contributed by atoms with E-state index in [0.29, 0.717) is 15.3 Å². The molecule has 34 heavy (non-hydrogen) atoms. The molecule has 3 aromatic carbocycles. The molecule has 170 valence electrons. The monoisotopic (exact) mass is 534 g/mol. The molecule has 7 nitrogen and oxygen atoms in total. The Labute approximate surface area is 208 Å². The first-order valence-electron chi connectivity index (χ1n) is 10.3. The van der Waals surface area contributed by atoms with E-state index in [4.69, 9.17) is 0 Å². The van der Waals surface area contributed by atoms with Crippen LogP contribution in [-0.2, 0) is 16.0 Å². The van der Waals surface area contributed by atoms with Crippen LogP contribution in [0.3, 0.4) is 0 Å². The number of carboxylic acid groups (broad SMARTS) is 1. The van der Waals surface area contributed by atoms with Crippen LogP contribution >= 0.6 is 27.7 Å². The molecule has 4 aromatic rings. The van der Waals surface area contributed by atoms with Crippen LogP contribution in [0.4, 0.5) is 0 Å². The lowest BCUT2D eigenvalue weighted by Crippen LogP contribution is -2.43. The molecule has 0 bridgehead atoms. The number of rotatable bonds is 8. The number of imidazole rings is 1. The average molecular weight is 535 g/mol. The first kappa shape index (κ1) is 23.5. The number of nitrogens with one attached hydrogen (secondary N) is 1. The Balaban J connectivity index is 1.53. The molecule has 0 aliphatic heterocycles. The topological polar surface area (TPSA) is 108 Å². The van der Waals surface area contributed by atoms with Crippen LogP contribution in [0, 0.1) is 11.3 Å². The van der Waals surface area contributed by atoms with Crippen molar-refractivity contribution in [2.75, 3.05) is 5.75 Å². The fourth-order valence-electron chi connectivity index (χ4n) is 3.63. The minimum Gasteiger partial charge on any atom is -0.480 e. The zero-order valence-electron chi connectivity index (χ0n) is 17.8. The van der Waals surface area contributed by atoms with Crippen molar-refractivity contribution in [1.29, 1.82) is 5.26 Å². The number of fused-ring (bicyclic) bond motifs is 1. The SMILES string of the molecule is N#Cc1ccc(-n2c(Br)cnc2SCC(=O)NC(Cc2ccccc2)C(=O)O)c2ccccc12. The Kier molecular flexibility index (Phi) is 7.30. The van der Waals surface area contributed by atoms with Crippen LogP contribution in [-0.4, -0.2) is 38.3 Å². The van der Waals surface area contributed by atoms with Crippen molar-refractivity contribution in [2.24, 2.45) is 0 Å². The van der Waals surface area contributed by atoms with E-state index < -0.39 is 17.9 Å². The summed E-state index contributed by atoms with van der Waals surface area (Å²) in [5, 5.41) is 23.8. The summed E-state index contributed by atoms with van der Waals surface area (Å²) in [5.74, 6) is -1.49. The fraction of sp³-hybridized carbons (Fsp3) is 0.120. The van der Waals surface area contributed by atoms with Crippen molar-refractivity contribution in [3.63, 3.8) is 0 Å². The highest BCUT2D eigenvalue weighted by Crippen LogP contribution is 2.32. The van der Waals surface area contributed by atoms with Gasteiger partial charge in [0, 0.05) is 17.2 Å². The lowest BCUT2D eigenvalue weighted by Gasteiger charge is -2.15. The summed E-state index contributed by atoms with van der Waals surface area (Å²) in [4.78, 5) is 28.7. The Morgan fingerprint density at radius 1 is 1.09 bits per heavy atom. The number of aromatic nitrogens is 2. The van der Waals surface area contributed by atoms with Crippen molar-refractivity contribution >= 4 is 50.3 Å². The van der Waals surface area contributed by atoms with E-state index in [0.717, 1.165) is 22.0 Å². The summed E-state index contributed by atoms with van der Waals surface area (Å²) in [7, 11) is 0. The molecule has 0 spiro atoms. The number of nitriles is 1. The second kappa shape index (κ2) is 10.5. The maximum Gasteiger partial charge on any atom is 0.326 e. The number of benzene rings is 3. The molecule has 1 atom stereocenters. The summed E-state index contributed by atoms with van der Waals surface area (Å²) in [6.07, 6.45) is 1.84. The van der Waals surface area contributed by atoms with Crippen LogP contribution in [0.25, 0.3) is 16.5 Å². The number of amides is 1. The van der Waals surface area contributed by atoms with Gasteiger partial charge in [-0.05, 0) is 33.6 Å². The highest BCUT2D eigenvalue weighted by Gasteiger charge is 2.21. The molecule has 1 amide bonds. The zero-order valence-corrected chi connectivity index (χ0v) is 20.2. The molecule has 0 saturated heterocycles. The number of nitrogens with zero attached hydrogens (tertiary/aromatic N) is 3. The minimum absolute atomic E-state index is 0.00374. The summed E-state index contributed by atoms with van der Waals surface area (Å²) in [6.45, 7) is 0. The van der Waals surface area contributed by atoms with Crippen LogP contribution in [0.1, 0.15) is 11.1 Å². The van der Waals surface area contributed by atoms with Gasteiger partial charge in [-0.15, -0.1) is 0 Å². The van der Waals surface area contributed by atoms with E-state index in [1.807, 2.05) is 65.2 Å². The molecular formula is C25H19BrN4O3S. The second-order valence-electron chi connectivity index (χ2n) is 7.43. The maximum absolute atomic E-state index is 12.6. The number of thioether (sulfide) groups is 1. The standard InChI is InChI=1S/C25H19BrN4O3S/c26-22-14-28-25(30(22)21-11-10-17(13-27)18-8-4-5-9-19(18)21)34-15-23(31)29-20(24(32)33)12-16-6-2-1-3-7-16/h1-11,14,20H,12,15H2,(H,29,31)(H,32,33). The highest BCUT2D eigenvalue weighted by atomic mass is 79.9. The van der Waals surface area contributed by atoms with Gasteiger partial charge in [-0.1, -0.05) is 66.4 Å². The number of carbonyl (C=O) groups excluding carboxylic acids is 1. The molecule has 9 heteroatoms. The van der Waals surface area contributed by atoms with Gasteiger partial charge in [0.05, 0.1) is 29.3 Å². The lowest BCUT2D eigenvalue weighted by atomic mass is 10.0. The summed E-state index contributed by atoms with van der Waals surface area (Å²) in [5.41, 5.74) is 2.21. The zero-order chi connectivity index (χ0) is 24.1. The quantitative estimate of drug-likeness (QED) is 0.320. The Morgan fingerprint density at radius 3 is 2.50 bits per heavy atom. The van der Waals surface area contributed by atoms with Crippen LogP contribution in [0.15, 0.2) is 82.7 Å². The van der Waals surface area contributed by atoms with E-state index in [-0.39, 0.29) is 12.2 Å². The molecule has 1 heterocycles. The molecule has 0 fully saturated rings. The van der Waals surface area contributed by atoms with E-state index in [9.17, 15) is 20.0 Å². The highest BCUT2D eigenvalue weighted by molar-refractivity contribution is 9.10. The number of carboxylic acids is 1. The van der Waals surface area contributed by atoms with Gasteiger partial charge < -0.3 is 10.4 Å². The molecule has 0 saturated carbocycles. The third kappa shape index (κ3) is 5.14. The number of hydrogen-bond donors (Lipinski definition) is 2. The molecule has 0 aliphatic carbocycles. The predicted molar refractivity (Wildman–Crippen MR) is 134 cm³/mol. The van der Waals surface area contributed by atoms with Gasteiger partial charge in [0.15, 0.2) is 5.16 Å². The summed E-state index contributed by atoms with van der Waals surface area (Å²) < 4.78 is 2.55. The average Bonchev–Trinajstić information content (AvgIpc) is 3.22. The summed E-state index contributed by atoms with van der Waals surface area (Å²) in [6, 6.07) is 21.6. The normalized spacial score (nSPS) is 11.6. The minimum atomic E-state index is -1.09. The van der Waals surface area contributed by atoms with Gasteiger partial charge in [-0.25, -0.2) is 9.78 Å². The second-order valence-corrected chi connectivity index (χ2v) is 9.18. The molecule has 0 radical (unpaired) electrons. The van der Waals surface area contributed by atoms with Crippen molar-refractivity contribution < 1.29 is 14.7 Å². The Hall–Kier alpha value is -3.61. The van der Waals surface area contributed by atoms with Gasteiger partial charge in [0.2, 0.25) is 5.91 Å². The van der Waals surface area contributed by atoms with Crippen molar-refractivity contribution in [3.8, 4) is 11.8 Å². The number of aliphatic carboxylic acids is 1. The van der Waals surface area contributed by atoms with Gasteiger partial charge in [0.1, 0.15) is 10.6 Å². The summed E-state index contributed by atoms with van der Waals surface area (Å²) >= 11 is 4.72. The van der Waals surface area contributed by atoms with Crippen LogP contribution < -0.4 is 5.32 Å². The molecule has 1 unspecified atom stereocenters. The molecule has 1 aromatic heterocycles. The van der Waals surface area contributed by atoms with Gasteiger partial charge in [0.25, 0.3) is 0 Å². The third-order valence-corrected chi connectivity index (χ3v) is 6.71. The lowest BCUT2D eigenvalue weighted by molar-refractivity contribution is -0.141. The van der Waals surface area contributed by atoms with Crippen molar-refractivity contribution in [2.45, 2.75) is 17.6 Å². The van der Waals surface area contributed by atoms with E-state index in [1.165, 1.54) is 11.8 Å². The Morgan fingerprint density at radius 2 is 1.79 bits per heavy atom. The van der Waals surface area contributed by atoms with Gasteiger partial charge >= 0.3 is 5.97 Å². The first-order valence-corrected chi connectivity index (χ1v) is 12.1. The molecular weight excluding hydrogens is 516 g/mol.